The van der Waals surface area contributed by atoms with E-state index >= 15 is 0 Å². The Morgan fingerprint density at radius 2 is 1.70 bits per heavy atom. The molecule has 3 aliphatic heterocycles. The first-order valence-corrected chi connectivity index (χ1v) is 14.5. The molecule has 1 unspecified atom stereocenters. The van der Waals surface area contributed by atoms with Gasteiger partial charge in [-0.3, -0.25) is 14.6 Å². The van der Waals surface area contributed by atoms with Crippen molar-refractivity contribution in [2.75, 3.05) is 25.0 Å². The fraction of sp³-hybridized carbons (Fsp3) is 0.250. The van der Waals surface area contributed by atoms with E-state index in [1.165, 1.54) is 18.2 Å². The van der Waals surface area contributed by atoms with Crippen LogP contribution in [0.15, 0.2) is 76.2 Å². The van der Waals surface area contributed by atoms with Crippen molar-refractivity contribution >= 4 is 46.7 Å². The predicted octanol–water partition coefficient (Wildman–Crippen LogP) is 4.06. The molecule has 0 spiro atoms. The summed E-state index contributed by atoms with van der Waals surface area (Å²) in [7, 11) is 0. The van der Waals surface area contributed by atoms with Crippen LogP contribution in [0.2, 0.25) is 5.02 Å². The summed E-state index contributed by atoms with van der Waals surface area (Å²) in [4.78, 5) is 35.7. The van der Waals surface area contributed by atoms with Gasteiger partial charge in [-0.05, 0) is 68.3 Å². The Balaban J connectivity index is 1.21. The number of benzene rings is 3. The van der Waals surface area contributed by atoms with E-state index in [1.54, 1.807) is 53.6 Å². The number of amides is 2. The van der Waals surface area contributed by atoms with Gasteiger partial charge in [0, 0.05) is 52.3 Å². The van der Waals surface area contributed by atoms with E-state index in [0.29, 0.717) is 59.0 Å². The summed E-state index contributed by atoms with van der Waals surface area (Å²) in [6, 6.07) is 15.9. The second-order valence-electron chi connectivity index (χ2n) is 11.3. The van der Waals surface area contributed by atoms with Gasteiger partial charge in [0.25, 0.3) is 5.91 Å². The number of carbonyl (C=O) groups excluding carboxylic acids is 2. The summed E-state index contributed by atoms with van der Waals surface area (Å²) in [5.41, 5.74) is 14.1. The summed E-state index contributed by atoms with van der Waals surface area (Å²) in [5.74, 6) is -3.17. The molecule has 226 valence electrons. The zero-order valence-corrected chi connectivity index (χ0v) is 24.6. The van der Waals surface area contributed by atoms with Crippen LogP contribution >= 0.6 is 11.6 Å². The highest BCUT2D eigenvalue weighted by Crippen LogP contribution is 2.34. The van der Waals surface area contributed by atoms with Crippen molar-refractivity contribution in [1.82, 2.24) is 10.2 Å². The molecule has 3 aromatic carbocycles. The minimum absolute atomic E-state index is 0.134. The number of primary amides is 1. The number of rotatable bonds is 5. The molecule has 12 heteroatoms. The van der Waals surface area contributed by atoms with Crippen molar-refractivity contribution < 1.29 is 18.4 Å². The zero-order chi connectivity index (χ0) is 31.2. The molecule has 9 nitrogen and oxygen atoms in total. The summed E-state index contributed by atoms with van der Waals surface area (Å²) in [6.07, 6.45) is 2.31. The van der Waals surface area contributed by atoms with E-state index in [0.717, 1.165) is 5.57 Å². The number of nitrogens with two attached hydrogens (primary N) is 2. The Bertz CT molecular complexity index is 1740. The third-order valence-corrected chi connectivity index (χ3v) is 8.47. The molecule has 1 atom stereocenters. The second-order valence-corrected chi connectivity index (χ2v) is 11.8. The summed E-state index contributed by atoms with van der Waals surface area (Å²) >= 11 is 6.34. The molecule has 6 N–H and O–H groups in total. The number of anilines is 1. The molecule has 0 saturated carbocycles. The van der Waals surface area contributed by atoms with E-state index in [-0.39, 0.29) is 23.7 Å². The van der Waals surface area contributed by atoms with Crippen molar-refractivity contribution in [2.45, 2.75) is 31.1 Å². The maximum atomic E-state index is 14.9. The SMILES string of the molecule is CC1(Nc2ccc(C(=O)N3CCC(N)(C(N)=O)CC3)cc2)N=CC2=C(N1)c1ccc(Cl)cc1C(c1c(F)cccc1F)=NC2. The monoisotopic (exact) mass is 617 g/mol. The number of likely N-dealkylation sites (tertiary alicyclic amines) is 1. The first kappa shape index (κ1) is 29.5. The number of hydrogen-bond acceptors (Lipinski definition) is 7. The molecule has 3 aliphatic rings. The van der Waals surface area contributed by atoms with Crippen LogP contribution in [0.3, 0.4) is 0 Å². The van der Waals surface area contributed by atoms with Gasteiger partial charge in [-0.2, -0.15) is 0 Å². The Labute approximate surface area is 257 Å². The number of aliphatic imine (C=N–C) groups is 2. The third-order valence-electron chi connectivity index (χ3n) is 8.23. The number of nitrogens with zero attached hydrogens (tertiary/aromatic N) is 3. The highest BCUT2D eigenvalue weighted by molar-refractivity contribution is 6.31. The molecule has 0 aliphatic carbocycles. The molecule has 3 aromatic rings. The van der Waals surface area contributed by atoms with Crippen LogP contribution in [-0.2, 0) is 4.79 Å². The van der Waals surface area contributed by atoms with Crippen molar-refractivity contribution in [1.29, 1.82) is 0 Å². The summed E-state index contributed by atoms with van der Waals surface area (Å²) in [5, 5.41) is 7.21. The fourth-order valence-corrected chi connectivity index (χ4v) is 5.86. The smallest absolute Gasteiger partial charge is 0.253 e. The van der Waals surface area contributed by atoms with Gasteiger partial charge in [-0.1, -0.05) is 23.7 Å². The van der Waals surface area contributed by atoms with Crippen molar-refractivity contribution in [2.24, 2.45) is 21.5 Å². The number of fused-ring (bicyclic) bond motifs is 2. The van der Waals surface area contributed by atoms with Crippen LogP contribution in [0.4, 0.5) is 14.5 Å². The van der Waals surface area contributed by atoms with Crippen molar-refractivity contribution in [3.8, 4) is 0 Å². The number of nitrogens with one attached hydrogen (secondary N) is 2. The number of piperidine rings is 1. The molecule has 1 fully saturated rings. The molecule has 0 aromatic heterocycles. The number of hydrogen-bond donors (Lipinski definition) is 4. The summed E-state index contributed by atoms with van der Waals surface area (Å²) in [6.45, 7) is 2.66. The van der Waals surface area contributed by atoms with Gasteiger partial charge in [0.15, 0.2) is 0 Å². The third kappa shape index (κ3) is 5.44. The highest BCUT2D eigenvalue weighted by Gasteiger charge is 2.37. The van der Waals surface area contributed by atoms with Crippen molar-refractivity contribution in [3.05, 3.63) is 105 Å². The molecular weight excluding hydrogens is 588 g/mol. The molecule has 1 saturated heterocycles. The molecule has 0 radical (unpaired) electrons. The molecule has 3 heterocycles. The summed E-state index contributed by atoms with van der Waals surface area (Å²) < 4.78 is 29.8. The number of halogens is 3. The van der Waals surface area contributed by atoms with Crippen LogP contribution in [0.1, 0.15) is 46.8 Å². The Kier molecular flexibility index (Phi) is 7.46. The lowest BCUT2D eigenvalue weighted by Gasteiger charge is -2.37. The molecule has 2 amide bonds. The molecular formula is C32H30ClF2N7O2. The van der Waals surface area contributed by atoms with Crippen LogP contribution < -0.4 is 22.1 Å². The maximum Gasteiger partial charge on any atom is 0.253 e. The van der Waals surface area contributed by atoms with Gasteiger partial charge >= 0.3 is 0 Å². The normalized spacial score (nSPS) is 20.6. The van der Waals surface area contributed by atoms with E-state index in [9.17, 15) is 18.4 Å². The average molecular weight is 618 g/mol. The lowest BCUT2D eigenvalue weighted by Crippen LogP contribution is -2.59. The topological polar surface area (TPSA) is 138 Å². The largest absolute Gasteiger partial charge is 0.368 e. The lowest BCUT2D eigenvalue weighted by molar-refractivity contribution is -0.124. The fourth-order valence-electron chi connectivity index (χ4n) is 5.68. The van der Waals surface area contributed by atoms with Gasteiger partial charge in [-0.25, -0.2) is 13.8 Å². The van der Waals surface area contributed by atoms with Crippen LogP contribution in [-0.4, -0.2) is 59.6 Å². The first-order valence-electron chi connectivity index (χ1n) is 14.1. The number of carbonyl (C=O) groups is 2. The first-order chi connectivity index (χ1) is 21.0. The standard InChI is InChI=1S/C32H30ClF2N7O2/c1-31(40-21-8-5-18(6-9-21)29(43)42-13-11-32(37,12-14-42)30(36)44)39-17-19-16-38-28(26-24(34)3-2-4-25(26)35)23-15-20(33)7-10-22(23)27(19)41-31/h2-10,15,17,40-41H,11-14,16,37H2,1H3,(H2,36,44). The minimum atomic E-state index is -1.09. The molecule has 6 rings (SSSR count). The van der Waals surface area contributed by atoms with E-state index in [2.05, 4.69) is 15.6 Å². The Hall–Kier alpha value is -4.61. The van der Waals surface area contributed by atoms with E-state index in [1.807, 2.05) is 6.92 Å². The second kappa shape index (κ2) is 11.1. The average Bonchev–Trinajstić information content (AvgIpc) is 3.13. The maximum absolute atomic E-state index is 14.9. The van der Waals surface area contributed by atoms with Crippen LogP contribution in [0.25, 0.3) is 5.70 Å². The Morgan fingerprint density at radius 3 is 2.36 bits per heavy atom. The van der Waals surface area contributed by atoms with Gasteiger partial charge in [0.2, 0.25) is 11.7 Å². The van der Waals surface area contributed by atoms with Gasteiger partial charge in [0.1, 0.15) is 11.6 Å². The van der Waals surface area contributed by atoms with E-state index < -0.39 is 28.9 Å². The van der Waals surface area contributed by atoms with Crippen molar-refractivity contribution in [3.63, 3.8) is 0 Å². The minimum Gasteiger partial charge on any atom is -0.368 e. The predicted molar refractivity (Wildman–Crippen MR) is 167 cm³/mol. The van der Waals surface area contributed by atoms with Gasteiger partial charge in [0.05, 0.1) is 29.1 Å². The highest BCUT2D eigenvalue weighted by atomic mass is 35.5. The molecule has 44 heavy (non-hydrogen) atoms. The van der Waals surface area contributed by atoms with Crippen LogP contribution in [0.5, 0.6) is 0 Å². The lowest BCUT2D eigenvalue weighted by atomic mass is 9.88. The Morgan fingerprint density at radius 1 is 1.02 bits per heavy atom. The molecule has 0 bridgehead atoms. The van der Waals surface area contributed by atoms with Crippen LogP contribution in [0, 0.1) is 11.6 Å². The zero-order valence-electron chi connectivity index (χ0n) is 23.8. The van der Waals surface area contributed by atoms with Gasteiger partial charge in [-0.15, -0.1) is 0 Å². The van der Waals surface area contributed by atoms with Gasteiger partial charge < -0.3 is 27.0 Å². The van der Waals surface area contributed by atoms with E-state index in [4.69, 9.17) is 28.1 Å². The quantitative estimate of drug-likeness (QED) is 0.342.